The molecule has 1 aliphatic carbocycles. The number of anilines is 2. The minimum Gasteiger partial charge on any atom is -0.367 e. The molecule has 3 aromatic rings. The van der Waals surface area contributed by atoms with E-state index in [0.29, 0.717) is 18.0 Å². The van der Waals surface area contributed by atoms with E-state index in [9.17, 15) is 0 Å². The lowest BCUT2D eigenvalue weighted by molar-refractivity contribution is 0.715. The summed E-state index contributed by atoms with van der Waals surface area (Å²) < 4.78 is 1.69. The highest BCUT2D eigenvalue weighted by Crippen LogP contribution is 2.25. The summed E-state index contributed by atoms with van der Waals surface area (Å²) in [6.07, 6.45) is 10.6. The standard InChI is InChI=1S/C18H22N8/c1-12-8-20-18(21-9-12)23-15-5-4-14(7-15)22-17-6-3-13(10-19-17)16-11-26(2)25-24-16/h3,6,8-11,14-15H,4-5,7H2,1-2H3,(H,19,22)(H,20,21,23)/t14-,15-/m0/s1. The highest BCUT2D eigenvalue weighted by Gasteiger charge is 2.25. The van der Waals surface area contributed by atoms with Crippen molar-refractivity contribution in [2.75, 3.05) is 10.6 Å². The maximum absolute atomic E-state index is 4.51. The summed E-state index contributed by atoms with van der Waals surface area (Å²) in [6.45, 7) is 1.99. The third-order valence-corrected chi connectivity index (χ3v) is 4.56. The van der Waals surface area contributed by atoms with Crippen LogP contribution in [0.15, 0.2) is 36.9 Å². The molecule has 0 bridgehead atoms. The summed E-state index contributed by atoms with van der Waals surface area (Å²) >= 11 is 0. The van der Waals surface area contributed by atoms with Gasteiger partial charge in [-0.15, -0.1) is 5.10 Å². The zero-order chi connectivity index (χ0) is 17.9. The number of aromatic nitrogens is 6. The molecule has 1 fully saturated rings. The van der Waals surface area contributed by atoms with Gasteiger partial charge in [0.15, 0.2) is 0 Å². The molecule has 0 aromatic carbocycles. The molecule has 3 aromatic heterocycles. The molecule has 0 unspecified atom stereocenters. The van der Waals surface area contributed by atoms with E-state index in [0.717, 1.165) is 41.9 Å². The summed E-state index contributed by atoms with van der Waals surface area (Å²) in [5.41, 5.74) is 2.86. The van der Waals surface area contributed by atoms with Crippen molar-refractivity contribution in [2.45, 2.75) is 38.3 Å². The van der Waals surface area contributed by atoms with Gasteiger partial charge < -0.3 is 10.6 Å². The van der Waals surface area contributed by atoms with Crippen LogP contribution in [0.4, 0.5) is 11.8 Å². The molecular formula is C18H22N8. The first-order valence-corrected chi connectivity index (χ1v) is 8.80. The predicted octanol–water partition coefficient (Wildman–Crippen LogP) is 2.42. The van der Waals surface area contributed by atoms with Crippen LogP contribution in [-0.4, -0.2) is 42.0 Å². The van der Waals surface area contributed by atoms with E-state index >= 15 is 0 Å². The summed E-state index contributed by atoms with van der Waals surface area (Å²) in [4.78, 5) is 13.2. The zero-order valence-corrected chi connectivity index (χ0v) is 14.9. The fourth-order valence-corrected chi connectivity index (χ4v) is 3.21. The van der Waals surface area contributed by atoms with Gasteiger partial charge >= 0.3 is 0 Å². The molecule has 8 nitrogen and oxygen atoms in total. The first kappa shape index (κ1) is 16.4. The van der Waals surface area contributed by atoms with E-state index in [4.69, 9.17) is 0 Å². The van der Waals surface area contributed by atoms with Crippen molar-refractivity contribution < 1.29 is 0 Å². The van der Waals surface area contributed by atoms with Crippen molar-refractivity contribution in [1.82, 2.24) is 29.9 Å². The lowest BCUT2D eigenvalue weighted by atomic mass is 10.2. The van der Waals surface area contributed by atoms with Gasteiger partial charge in [0.05, 0.1) is 6.20 Å². The van der Waals surface area contributed by atoms with Gasteiger partial charge in [-0.25, -0.2) is 15.0 Å². The lowest BCUT2D eigenvalue weighted by Crippen LogP contribution is -2.22. The zero-order valence-electron chi connectivity index (χ0n) is 14.9. The fraction of sp³-hybridized carbons (Fsp3) is 0.389. The van der Waals surface area contributed by atoms with Crippen LogP contribution in [0.2, 0.25) is 0 Å². The summed E-state index contributed by atoms with van der Waals surface area (Å²) in [5, 5.41) is 15.0. The Morgan fingerprint density at radius 3 is 2.42 bits per heavy atom. The fourth-order valence-electron chi connectivity index (χ4n) is 3.21. The third kappa shape index (κ3) is 3.79. The quantitative estimate of drug-likeness (QED) is 0.730. The highest BCUT2D eigenvalue weighted by atomic mass is 15.4. The highest BCUT2D eigenvalue weighted by molar-refractivity contribution is 5.58. The maximum Gasteiger partial charge on any atom is 0.222 e. The second-order valence-corrected chi connectivity index (χ2v) is 6.79. The average molecular weight is 350 g/mol. The molecule has 0 radical (unpaired) electrons. The van der Waals surface area contributed by atoms with Gasteiger partial charge in [0.25, 0.3) is 0 Å². The van der Waals surface area contributed by atoms with E-state index in [1.54, 1.807) is 4.68 Å². The Labute approximate surface area is 152 Å². The van der Waals surface area contributed by atoms with Gasteiger partial charge in [-0.3, -0.25) is 4.68 Å². The molecule has 0 saturated heterocycles. The van der Waals surface area contributed by atoms with Gasteiger partial charge in [0.2, 0.25) is 5.95 Å². The first-order chi connectivity index (χ1) is 12.7. The maximum atomic E-state index is 4.51. The molecule has 1 saturated carbocycles. The number of hydrogen-bond acceptors (Lipinski definition) is 7. The van der Waals surface area contributed by atoms with Crippen molar-refractivity contribution in [2.24, 2.45) is 7.05 Å². The molecule has 26 heavy (non-hydrogen) atoms. The molecular weight excluding hydrogens is 328 g/mol. The van der Waals surface area contributed by atoms with Crippen molar-refractivity contribution >= 4 is 11.8 Å². The minimum absolute atomic E-state index is 0.383. The number of nitrogens with zero attached hydrogens (tertiary/aromatic N) is 6. The summed E-state index contributed by atoms with van der Waals surface area (Å²) in [5.74, 6) is 1.59. The number of nitrogens with one attached hydrogen (secondary N) is 2. The van der Waals surface area contributed by atoms with Crippen LogP contribution in [0.5, 0.6) is 0 Å². The second-order valence-electron chi connectivity index (χ2n) is 6.79. The normalized spacial score (nSPS) is 19.5. The molecule has 0 amide bonds. The Morgan fingerprint density at radius 1 is 1.00 bits per heavy atom. The van der Waals surface area contributed by atoms with Crippen molar-refractivity contribution in [3.05, 3.63) is 42.5 Å². The summed E-state index contributed by atoms with van der Waals surface area (Å²) in [6, 6.07) is 4.79. The SMILES string of the molecule is Cc1cnc(N[C@H]2CC[C@H](Nc3ccc(-c4cn(C)nn4)cn3)C2)nc1. The molecule has 8 heteroatoms. The van der Waals surface area contributed by atoms with Crippen LogP contribution in [-0.2, 0) is 7.05 Å². The number of aryl methyl sites for hydroxylation is 2. The van der Waals surface area contributed by atoms with E-state index in [1.807, 2.05) is 50.9 Å². The van der Waals surface area contributed by atoms with Crippen LogP contribution in [0.3, 0.4) is 0 Å². The molecule has 134 valence electrons. The van der Waals surface area contributed by atoms with Crippen LogP contribution >= 0.6 is 0 Å². The first-order valence-electron chi connectivity index (χ1n) is 8.80. The van der Waals surface area contributed by atoms with Crippen LogP contribution in [0, 0.1) is 6.92 Å². The Balaban J connectivity index is 1.32. The number of rotatable bonds is 5. The van der Waals surface area contributed by atoms with Crippen LogP contribution < -0.4 is 10.6 Å². The molecule has 1 aliphatic rings. The van der Waals surface area contributed by atoms with Crippen LogP contribution in [0.1, 0.15) is 24.8 Å². The van der Waals surface area contributed by atoms with Gasteiger partial charge in [-0.2, -0.15) is 0 Å². The van der Waals surface area contributed by atoms with E-state index in [2.05, 4.69) is 35.9 Å². The third-order valence-electron chi connectivity index (χ3n) is 4.56. The van der Waals surface area contributed by atoms with Crippen molar-refractivity contribution in [1.29, 1.82) is 0 Å². The summed E-state index contributed by atoms with van der Waals surface area (Å²) in [7, 11) is 1.85. The van der Waals surface area contributed by atoms with Crippen molar-refractivity contribution in [3.63, 3.8) is 0 Å². The van der Waals surface area contributed by atoms with E-state index in [1.165, 1.54) is 0 Å². The van der Waals surface area contributed by atoms with Gasteiger partial charge in [0.1, 0.15) is 11.5 Å². The molecule has 0 aliphatic heterocycles. The Bertz CT molecular complexity index is 856. The van der Waals surface area contributed by atoms with E-state index in [-0.39, 0.29) is 0 Å². The minimum atomic E-state index is 0.383. The van der Waals surface area contributed by atoms with Crippen molar-refractivity contribution in [3.8, 4) is 11.3 Å². The topological polar surface area (TPSA) is 93.4 Å². The molecule has 2 N–H and O–H groups in total. The number of hydrogen-bond donors (Lipinski definition) is 2. The smallest absolute Gasteiger partial charge is 0.222 e. The predicted molar refractivity (Wildman–Crippen MR) is 99.7 cm³/mol. The Morgan fingerprint density at radius 2 is 1.77 bits per heavy atom. The molecule has 0 spiro atoms. The average Bonchev–Trinajstić information content (AvgIpc) is 3.27. The molecule has 4 rings (SSSR count). The molecule has 3 heterocycles. The monoisotopic (exact) mass is 350 g/mol. The van der Waals surface area contributed by atoms with Gasteiger partial charge in [-0.05, 0) is 43.9 Å². The Hall–Kier alpha value is -3.03. The van der Waals surface area contributed by atoms with Crippen LogP contribution in [0.25, 0.3) is 11.3 Å². The van der Waals surface area contributed by atoms with E-state index < -0.39 is 0 Å². The number of pyridine rings is 1. The van der Waals surface area contributed by atoms with Gasteiger partial charge in [0, 0.05) is 43.3 Å². The lowest BCUT2D eigenvalue weighted by Gasteiger charge is -2.15. The Kier molecular flexibility index (Phi) is 4.47. The largest absolute Gasteiger partial charge is 0.367 e. The molecule has 2 atom stereocenters. The van der Waals surface area contributed by atoms with Gasteiger partial charge in [-0.1, -0.05) is 5.21 Å². The second kappa shape index (κ2) is 7.07.